The Hall–Kier alpha value is -20.4. The van der Waals surface area contributed by atoms with Crippen LogP contribution in [0.5, 0.6) is 0 Å². The van der Waals surface area contributed by atoms with Crippen molar-refractivity contribution in [2.45, 2.75) is 0 Å². The zero-order valence-corrected chi connectivity index (χ0v) is 78.1. The van der Waals surface area contributed by atoms with Crippen LogP contribution < -0.4 is 0 Å². The molecule has 0 unspecified atom stereocenters. The Balaban J connectivity index is 0.000000145. The van der Waals surface area contributed by atoms with Crippen molar-refractivity contribution in [3.63, 3.8) is 0 Å². The number of hydrogen-bond donors (Lipinski definition) is 0. The standard InChI is InChI=1S/C64H41N9.C62H39N11/c1-6-22-42(23-7-1)51-40-52(43-24-8-2-9-25-43)66-63(65-51)72-55-36-18-16-32-47(55)59-49(34-20-38-57(59)72)61-69-70-62(71(61)46-30-14-5-15-31-46)50-35-21-39-58-60(50)48-33-17-19-37-56(48)73(58)64-67-53(44-26-10-3-11-27-44)41-54(68-64)45-28-12-4-13-29-45;1-6-22-40(23-7-1)55-63-56(41-24-8-2-9-25-41)66-61(65-55)72-49-36-18-16-32-45(49)53-47(34-20-38-51(53)72)59-69-70-60(71(59)44-30-14-5-15-31-44)48-35-21-39-52-54(48)46-33-17-19-37-50(46)73(52)62-67-57(42-26-10-3-11-27-42)64-58(68-62)43-28-12-4-13-29-43/h1-41H;1-39H. The van der Waals surface area contributed by atoms with E-state index in [4.69, 9.17) is 70.2 Å². The largest absolute Gasteiger partial charge is 0.278 e. The maximum Gasteiger partial charge on any atom is 0.238 e. The second-order valence-electron chi connectivity index (χ2n) is 35.6. The lowest BCUT2D eigenvalue weighted by Crippen LogP contribution is -2.06. The summed E-state index contributed by atoms with van der Waals surface area (Å²) in [5, 5.41) is 28.8. The maximum absolute atomic E-state index is 5.31. The van der Waals surface area contributed by atoms with Crippen molar-refractivity contribution >= 4 is 87.2 Å². The van der Waals surface area contributed by atoms with Crippen LogP contribution in [0.1, 0.15) is 0 Å². The van der Waals surface area contributed by atoms with Crippen LogP contribution >= 0.6 is 0 Å². The monoisotopic (exact) mass is 1870 g/mol. The van der Waals surface area contributed by atoms with E-state index in [0.29, 0.717) is 70.4 Å². The fourth-order valence-corrected chi connectivity index (χ4v) is 20.5. The molecule has 28 aromatic rings. The average molecular weight is 1870 g/mol. The normalized spacial score (nSPS) is 11.6. The molecule has 0 amide bonds. The highest BCUT2D eigenvalue weighted by molar-refractivity contribution is 6.19. The quantitative estimate of drug-likeness (QED) is 0.0782. The summed E-state index contributed by atoms with van der Waals surface area (Å²) >= 11 is 0. The van der Waals surface area contributed by atoms with Crippen molar-refractivity contribution in [3.8, 4) is 171 Å². The molecule has 0 saturated heterocycles. The molecule has 0 atom stereocenters. The minimum atomic E-state index is 0.509. The van der Waals surface area contributed by atoms with E-state index < -0.39 is 0 Å². The third-order valence-electron chi connectivity index (χ3n) is 27.0. The van der Waals surface area contributed by atoms with Crippen LogP contribution in [0.2, 0.25) is 0 Å². The molecule has 0 aliphatic carbocycles. The summed E-state index contributed by atoms with van der Waals surface area (Å²) in [6, 6.07) is 166. The van der Waals surface area contributed by atoms with E-state index in [-0.39, 0.29) is 0 Å². The summed E-state index contributed by atoms with van der Waals surface area (Å²) in [6.45, 7) is 0. The second kappa shape index (κ2) is 36.1. The smallest absolute Gasteiger partial charge is 0.238 e. The summed E-state index contributed by atoms with van der Waals surface area (Å²) < 4.78 is 13.0. The zero-order valence-electron chi connectivity index (χ0n) is 78.1. The molecule has 0 saturated carbocycles. The van der Waals surface area contributed by atoms with Crippen molar-refractivity contribution in [1.29, 1.82) is 0 Å². The molecule has 0 radical (unpaired) electrons. The van der Waals surface area contributed by atoms with E-state index in [2.05, 4.69) is 294 Å². The summed E-state index contributed by atoms with van der Waals surface area (Å²) in [7, 11) is 0. The summed E-state index contributed by atoms with van der Waals surface area (Å²) in [5.74, 6) is 7.26. The Kier molecular flexibility index (Phi) is 21.0. The first kappa shape index (κ1) is 84.9. The number of para-hydroxylation sites is 6. The van der Waals surface area contributed by atoms with Crippen LogP contribution in [0.4, 0.5) is 0 Å². The van der Waals surface area contributed by atoms with Gasteiger partial charge in [0.1, 0.15) is 0 Å². The van der Waals surface area contributed by atoms with Crippen molar-refractivity contribution in [2.75, 3.05) is 0 Å². The van der Waals surface area contributed by atoms with Crippen molar-refractivity contribution in [3.05, 3.63) is 485 Å². The predicted molar refractivity (Wildman–Crippen MR) is 583 cm³/mol. The van der Waals surface area contributed by atoms with E-state index in [1.54, 1.807) is 0 Å². The molecule has 20 heteroatoms. The molecule has 0 spiro atoms. The third kappa shape index (κ3) is 14.9. The predicted octanol–water partition coefficient (Wildman–Crippen LogP) is 28.9. The van der Waals surface area contributed by atoms with E-state index in [0.717, 1.165) is 188 Å². The van der Waals surface area contributed by atoms with Gasteiger partial charge >= 0.3 is 0 Å². The Morgan fingerprint density at radius 3 is 0.548 bits per heavy atom. The number of benzene rings is 18. The van der Waals surface area contributed by atoms with Crippen LogP contribution in [-0.2, 0) is 0 Å². The van der Waals surface area contributed by atoms with Gasteiger partial charge in [0, 0.05) is 121 Å². The Bertz CT molecular complexity index is 8530. The molecule has 684 valence electrons. The van der Waals surface area contributed by atoms with Crippen molar-refractivity contribution in [2.24, 2.45) is 0 Å². The van der Waals surface area contributed by atoms with E-state index in [1.807, 2.05) is 218 Å². The zero-order chi connectivity index (χ0) is 96.5. The molecule has 20 nitrogen and oxygen atoms in total. The van der Waals surface area contributed by atoms with Crippen LogP contribution in [-0.4, -0.2) is 97.6 Å². The van der Waals surface area contributed by atoms with Gasteiger partial charge in [0.25, 0.3) is 0 Å². The van der Waals surface area contributed by atoms with Gasteiger partial charge in [-0.25, -0.2) is 29.9 Å². The number of aromatic nitrogens is 20. The molecule has 0 fully saturated rings. The lowest BCUT2D eigenvalue weighted by atomic mass is 10.0. The van der Waals surface area contributed by atoms with Gasteiger partial charge in [0.15, 0.2) is 46.6 Å². The van der Waals surface area contributed by atoms with Gasteiger partial charge in [-0.05, 0) is 84.9 Å². The first-order valence-electron chi connectivity index (χ1n) is 48.3. The highest BCUT2D eigenvalue weighted by atomic mass is 15.3. The van der Waals surface area contributed by atoms with Crippen LogP contribution in [0, 0.1) is 0 Å². The molecule has 146 heavy (non-hydrogen) atoms. The highest BCUT2D eigenvalue weighted by Crippen LogP contribution is 2.48. The molecule has 0 aliphatic heterocycles. The molecule has 28 rings (SSSR count). The number of nitrogens with zero attached hydrogens (tertiary/aromatic N) is 20. The maximum atomic E-state index is 5.31. The number of fused-ring (bicyclic) bond motifs is 12. The first-order valence-corrected chi connectivity index (χ1v) is 48.3. The molecule has 0 N–H and O–H groups in total. The fourth-order valence-electron chi connectivity index (χ4n) is 20.5. The van der Waals surface area contributed by atoms with Gasteiger partial charge in [-0.2, -0.15) is 19.9 Å². The highest BCUT2D eigenvalue weighted by Gasteiger charge is 2.32. The lowest BCUT2D eigenvalue weighted by Gasteiger charge is -2.14. The molecule has 10 aromatic heterocycles. The van der Waals surface area contributed by atoms with Gasteiger partial charge in [0.05, 0.1) is 66.9 Å². The summed E-state index contributed by atoms with van der Waals surface area (Å²) in [5.41, 5.74) is 24.0. The molecular formula is C126H80N20. The van der Waals surface area contributed by atoms with Gasteiger partial charge in [-0.3, -0.25) is 27.4 Å². The van der Waals surface area contributed by atoms with Crippen LogP contribution in [0.15, 0.2) is 485 Å². The van der Waals surface area contributed by atoms with Crippen molar-refractivity contribution in [1.82, 2.24) is 97.6 Å². The SMILES string of the molecule is c1ccc(-c2cc(-c3ccccc3)nc(-n3c4ccccc4c4c(-c5nnc(-c6cccc7c6c6ccccc6n7-c6nc(-c7ccccc7)cc(-c7ccccc7)n6)n5-c5ccccc5)cccc43)n2)cc1.c1ccc(-c2nc(-c3ccccc3)nc(-n3c4ccccc4c4c(-c5nnc(-c6cccc7c6c6ccccc6n7-c6nc(-c7ccccc7)nc(-c7ccccc7)n6)n5-c5ccccc5)cccc43)n2)cc1. The minimum absolute atomic E-state index is 0.509. The van der Waals surface area contributed by atoms with Crippen molar-refractivity contribution < 1.29 is 0 Å². The lowest BCUT2D eigenvalue weighted by molar-refractivity contribution is 0.953. The Morgan fingerprint density at radius 2 is 0.322 bits per heavy atom. The molecule has 10 heterocycles. The van der Waals surface area contributed by atoms with E-state index >= 15 is 0 Å². The minimum Gasteiger partial charge on any atom is -0.278 e. The van der Waals surface area contributed by atoms with E-state index in [1.165, 1.54) is 0 Å². The topological polar surface area (TPSA) is 210 Å². The molecule has 0 aliphatic rings. The van der Waals surface area contributed by atoms with Gasteiger partial charge in [-0.1, -0.05) is 400 Å². The fraction of sp³-hybridized carbons (Fsp3) is 0. The number of hydrogen-bond acceptors (Lipinski definition) is 14. The molecule has 0 bridgehead atoms. The van der Waals surface area contributed by atoms with Crippen LogP contribution in [0.25, 0.3) is 259 Å². The summed E-state index contributed by atoms with van der Waals surface area (Å²) in [6.07, 6.45) is 0. The molecular weight excluding hydrogens is 1790 g/mol. The first-order chi connectivity index (χ1) is 72.5. The summed E-state index contributed by atoms with van der Waals surface area (Å²) in [4.78, 5) is 52.0. The second-order valence-corrected chi connectivity index (χ2v) is 35.6. The molecule has 18 aromatic carbocycles. The van der Waals surface area contributed by atoms with Gasteiger partial charge < -0.3 is 0 Å². The Morgan fingerprint density at radius 1 is 0.137 bits per heavy atom. The van der Waals surface area contributed by atoms with E-state index in [9.17, 15) is 0 Å². The van der Waals surface area contributed by atoms with Crippen LogP contribution in [0.3, 0.4) is 0 Å². The average Bonchev–Trinajstić information content (AvgIpc) is 1.56. The number of rotatable bonds is 18. The van der Waals surface area contributed by atoms with Gasteiger partial charge in [0.2, 0.25) is 23.8 Å². The third-order valence-corrected chi connectivity index (χ3v) is 27.0. The Labute approximate surface area is 836 Å². The van der Waals surface area contributed by atoms with Gasteiger partial charge in [-0.15, -0.1) is 20.4 Å².